The molecule has 1 aromatic heterocycles. The zero-order valence-electron chi connectivity index (χ0n) is 13.8. The molecule has 6 nitrogen and oxygen atoms in total. The zero-order valence-corrected chi connectivity index (χ0v) is 13.8. The Morgan fingerprint density at radius 3 is 2.58 bits per heavy atom. The van der Waals surface area contributed by atoms with Gasteiger partial charge in [0.25, 0.3) is 0 Å². The minimum absolute atomic E-state index is 0.134. The second-order valence-electron chi connectivity index (χ2n) is 5.01. The summed E-state index contributed by atoms with van der Waals surface area (Å²) in [4.78, 5) is 8.34. The molecule has 24 heavy (non-hydrogen) atoms. The second kappa shape index (κ2) is 8.28. The van der Waals surface area contributed by atoms with Crippen molar-refractivity contribution < 1.29 is 17.9 Å². The van der Waals surface area contributed by atoms with E-state index in [9.17, 15) is 8.78 Å². The molecular weight excluding hydrogens is 318 g/mol. The van der Waals surface area contributed by atoms with Gasteiger partial charge in [-0.1, -0.05) is 18.2 Å². The van der Waals surface area contributed by atoms with E-state index in [1.165, 1.54) is 6.07 Å². The molecule has 0 aliphatic carbocycles. The third kappa shape index (κ3) is 4.94. The Bertz CT molecular complexity index is 682. The Balaban J connectivity index is 1.92. The number of guanidine groups is 1. The second-order valence-corrected chi connectivity index (χ2v) is 5.01. The quantitative estimate of drug-likeness (QED) is 0.626. The smallest absolute Gasteiger partial charge is 0.387 e. The van der Waals surface area contributed by atoms with E-state index in [4.69, 9.17) is 4.42 Å². The number of alkyl halides is 2. The van der Waals surface area contributed by atoms with Crippen LogP contribution in [0, 0.1) is 13.8 Å². The van der Waals surface area contributed by atoms with Crippen LogP contribution < -0.4 is 15.4 Å². The first-order valence-corrected chi connectivity index (χ1v) is 7.39. The van der Waals surface area contributed by atoms with Crippen LogP contribution >= 0.6 is 0 Å². The number of rotatable bonds is 6. The van der Waals surface area contributed by atoms with Gasteiger partial charge in [-0.15, -0.1) is 0 Å². The van der Waals surface area contributed by atoms with Crippen LogP contribution in [0.1, 0.15) is 22.9 Å². The molecule has 1 aromatic carbocycles. The largest absolute Gasteiger partial charge is 0.444 e. The van der Waals surface area contributed by atoms with Gasteiger partial charge in [-0.25, -0.2) is 4.98 Å². The third-order valence-corrected chi connectivity index (χ3v) is 3.34. The molecule has 2 aromatic rings. The first-order valence-electron chi connectivity index (χ1n) is 7.39. The number of nitrogens with zero attached hydrogens (tertiary/aromatic N) is 2. The monoisotopic (exact) mass is 338 g/mol. The average Bonchev–Trinajstić information content (AvgIpc) is 2.87. The molecule has 2 N–H and O–H groups in total. The number of oxazole rings is 1. The van der Waals surface area contributed by atoms with E-state index >= 15 is 0 Å². The number of benzene rings is 1. The standard InChI is InChI=1S/C16H20F2N4O2/c1-10-11(2)23-14(22-10)9-21-16(19-3)20-8-12-6-4-5-7-13(12)24-15(17)18/h4-7,15H,8-9H2,1-3H3,(H2,19,20,21). The highest BCUT2D eigenvalue weighted by atomic mass is 19.3. The highest BCUT2D eigenvalue weighted by molar-refractivity contribution is 5.79. The van der Waals surface area contributed by atoms with Gasteiger partial charge in [-0.05, 0) is 19.9 Å². The van der Waals surface area contributed by atoms with Gasteiger partial charge in [0, 0.05) is 19.2 Å². The van der Waals surface area contributed by atoms with Gasteiger partial charge in [0.05, 0.1) is 12.2 Å². The highest BCUT2D eigenvalue weighted by Gasteiger charge is 2.10. The molecule has 0 fully saturated rings. The summed E-state index contributed by atoms with van der Waals surface area (Å²) in [6, 6.07) is 6.60. The molecule has 0 spiro atoms. The van der Waals surface area contributed by atoms with Crippen molar-refractivity contribution in [3.63, 3.8) is 0 Å². The van der Waals surface area contributed by atoms with Crippen molar-refractivity contribution in [2.75, 3.05) is 7.05 Å². The number of aryl methyl sites for hydroxylation is 2. The summed E-state index contributed by atoms with van der Waals surface area (Å²) < 4.78 is 34.8. The third-order valence-electron chi connectivity index (χ3n) is 3.34. The minimum Gasteiger partial charge on any atom is -0.444 e. The Kier molecular flexibility index (Phi) is 6.11. The van der Waals surface area contributed by atoms with Gasteiger partial charge in [-0.3, -0.25) is 4.99 Å². The van der Waals surface area contributed by atoms with Crippen molar-refractivity contribution in [2.45, 2.75) is 33.5 Å². The summed E-state index contributed by atoms with van der Waals surface area (Å²) in [7, 11) is 1.61. The number of ether oxygens (including phenoxy) is 1. The van der Waals surface area contributed by atoms with Crippen LogP contribution in [0.3, 0.4) is 0 Å². The van der Waals surface area contributed by atoms with Gasteiger partial charge in [0.1, 0.15) is 11.5 Å². The van der Waals surface area contributed by atoms with Crippen LogP contribution in [0.2, 0.25) is 0 Å². The first kappa shape index (κ1) is 17.7. The van der Waals surface area contributed by atoms with Crippen molar-refractivity contribution in [3.8, 4) is 5.75 Å². The maximum Gasteiger partial charge on any atom is 0.387 e. The van der Waals surface area contributed by atoms with Crippen LogP contribution in [0.25, 0.3) is 0 Å². The van der Waals surface area contributed by atoms with E-state index in [0.717, 1.165) is 11.5 Å². The molecule has 0 aliphatic heterocycles. The number of hydrogen-bond donors (Lipinski definition) is 2. The van der Waals surface area contributed by atoms with Crippen molar-refractivity contribution in [1.29, 1.82) is 0 Å². The average molecular weight is 338 g/mol. The van der Waals surface area contributed by atoms with E-state index in [-0.39, 0.29) is 12.3 Å². The normalized spacial score (nSPS) is 11.7. The summed E-state index contributed by atoms with van der Waals surface area (Å²) in [5, 5.41) is 6.09. The number of hydrogen-bond acceptors (Lipinski definition) is 4. The molecule has 0 atom stereocenters. The lowest BCUT2D eigenvalue weighted by atomic mass is 10.2. The Morgan fingerprint density at radius 1 is 1.25 bits per heavy atom. The van der Waals surface area contributed by atoms with Crippen molar-refractivity contribution >= 4 is 5.96 Å². The molecule has 0 saturated heterocycles. The van der Waals surface area contributed by atoms with Gasteiger partial charge in [-0.2, -0.15) is 8.78 Å². The number of para-hydroxylation sites is 1. The molecule has 0 saturated carbocycles. The van der Waals surface area contributed by atoms with E-state index < -0.39 is 6.61 Å². The summed E-state index contributed by atoms with van der Waals surface area (Å²) >= 11 is 0. The molecular formula is C16H20F2N4O2. The number of nitrogens with one attached hydrogen (secondary N) is 2. The predicted molar refractivity (Wildman–Crippen MR) is 86.1 cm³/mol. The Morgan fingerprint density at radius 2 is 1.96 bits per heavy atom. The van der Waals surface area contributed by atoms with Gasteiger partial charge in [0.15, 0.2) is 5.96 Å². The van der Waals surface area contributed by atoms with Gasteiger partial charge < -0.3 is 19.8 Å². The molecule has 0 amide bonds. The molecule has 0 bridgehead atoms. The zero-order chi connectivity index (χ0) is 17.5. The predicted octanol–water partition coefficient (Wildman–Crippen LogP) is 2.76. The highest BCUT2D eigenvalue weighted by Crippen LogP contribution is 2.19. The van der Waals surface area contributed by atoms with Gasteiger partial charge in [0.2, 0.25) is 5.89 Å². The van der Waals surface area contributed by atoms with Crippen molar-refractivity contribution in [1.82, 2.24) is 15.6 Å². The summed E-state index contributed by atoms with van der Waals surface area (Å²) in [5.74, 6) is 1.95. The van der Waals surface area contributed by atoms with Crippen LogP contribution in [-0.4, -0.2) is 24.6 Å². The number of aliphatic imine (C=N–C) groups is 1. The van der Waals surface area contributed by atoms with E-state index in [0.29, 0.717) is 24.0 Å². The summed E-state index contributed by atoms with van der Waals surface area (Å²) in [6.07, 6.45) is 0. The maximum absolute atomic E-state index is 12.4. The van der Waals surface area contributed by atoms with E-state index in [2.05, 4.69) is 25.3 Å². The Hall–Kier alpha value is -2.64. The number of halogens is 2. The fourth-order valence-electron chi connectivity index (χ4n) is 2.03. The molecule has 2 rings (SSSR count). The molecule has 0 aliphatic rings. The summed E-state index contributed by atoms with van der Waals surface area (Å²) in [6.45, 7) is 1.50. The molecule has 0 radical (unpaired) electrons. The van der Waals surface area contributed by atoms with Gasteiger partial charge >= 0.3 is 6.61 Å². The van der Waals surface area contributed by atoms with Crippen LogP contribution in [0.5, 0.6) is 5.75 Å². The van der Waals surface area contributed by atoms with Crippen molar-refractivity contribution in [3.05, 3.63) is 47.2 Å². The fourth-order valence-corrected chi connectivity index (χ4v) is 2.03. The van der Waals surface area contributed by atoms with Crippen molar-refractivity contribution in [2.24, 2.45) is 4.99 Å². The fraction of sp³-hybridized carbons (Fsp3) is 0.375. The number of aromatic nitrogens is 1. The lowest BCUT2D eigenvalue weighted by molar-refractivity contribution is -0.0504. The molecule has 0 unspecified atom stereocenters. The van der Waals surface area contributed by atoms with E-state index in [1.807, 2.05) is 13.8 Å². The lowest BCUT2D eigenvalue weighted by Gasteiger charge is -2.13. The topological polar surface area (TPSA) is 71.7 Å². The van der Waals surface area contributed by atoms with Crippen LogP contribution in [0.15, 0.2) is 33.7 Å². The van der Waals surface area contributed by atoms with Crippen LogP contribution in [0.4, 0.5) is 8.78 Å². The molecule has 1 heterocycles. The van der Waals surface area contributed by atoms with Crippen LogP contribution in [-0.2, 0) is 13.1 Å². The SMILES string of the molecule is CN=C(NCc1nc(C)c(C)o1)NCc1ccccc1OC(F)F. The molecule has 130 valence electrons. The van der Waals surface area contributed by atoms with E-state index in [1.54, 1.807) is 25.2 Å². The maximum atomic E-state index is 12.4. The summed E-state index contributed by atoms with van der Waals surface area (Å²) in [5.41, 5.74) is 1.44. The Labute approximate surface area is 138 Å². The minimum atomic E-state index is -2.86. The lowest BCUT2D eigenvalue weighted by Crippen LogP contribution is -2.36. The first-order chi connectivity index (χ1) is 11.5. The molecule has 8 heteroatoms.